The molecule has 0 aliphatic heterocycles. The lowest BCUT2D eigenvalue weighted by Crippen LogP contribution is -2.17. The van der Waals surface area contributed by atoms with Crippen molar-refractivity contribution >= 4 is 34.7 Å². The summed E-state index contributed by atoms with van der Waals surface area (Å²) in [6.07, 6.45) is 4.65. The maximum absolute atomic E-state index is 12.0. The zero-order valence-electron chi connectivity index (χ0n) is 16.1. The number of amides is 1. The van der Waals surface area contributed by atoms with E-state index in [1.165, 1.54) is 11.8 Å². The van der Waals surface area contributed by atoms with Gasteiger partial charge in [0, 0.05) is 12.4 Å². The van der Waals surface area contributed by atoms with Crippen LogP contribution in [0.25, 0.3) is 0 Å². The molecule has 0 unspecified atom stereocenters. The number of ether oxygens (including phenoxy) is 2. The number of carbonyl (C=O) groups is 1. The summed E-state index contributed by atoms with van der Waals surface area (Å²) in [4.78, 5) is 15.9. The number of hydrogen-bond acceptors (Lipinski definition) is 5. The van der Waals surface area contributed by atoms with E-state index in [0.29, 0.717) is 23.7 Å². The van der Waals surface area contributed by atoms with Gasteiger partial charge in [-0.15, -0.1) is 0 Å². The highest BCUT2D eigenvalue weighted by atomic mass is 127. The van der Waals surface area contributed by atoms with Crippen LogP contribution in [-0.4, -0.2) is 24.2 Å². The molecule has 6 nitrogen and oxygen atoms in total. The molecule has 1 aromatic heterocycles. The maximum atomic E-state index is 12.0. The van der Waals surface area contributed by atoms with Crippen LogP contribution in [0.3, 0.4) is 0 Å². The molecule has 0 aliphatic rings. The minimum Gasteiger partial charge on any atom is -0.493 e. The Morgan fingerprint density at radius 2 is 2.03 bits per heavy atom. The van der Waals surface area contributed by atoms with Crippen molar-refractivity contribution in [3.8, 4) is 11.5 Å². The van der Waals surface area contributed by atoms with E-state index in [-0.39, 0.29) is 5.91 Å². The fourth-order valence-corrected chi connectivity index (χ4v) is 3.30. The number of methoxy groups -OCH3 is 1. The molecule has 2 aromatic carbocycles. The average molecular weight is 501 g/mol. The quantitative estimate of drug-likeness (QED) is 0.297. The Bertz CT molecular complexity index is 1010. The van der Waals surface area contributed by atoms with Gasteiger partial charge in [0.2, 0.25) is 0 Å². The van der Waals surface area contributed by atoms with Crippen molar-refractivity contribution in [2.45, 2.75) is 13.5 Å². The second-order valence-corrected chi connectivity index (χ2v) is 7.41. The summed E-state index contributed by atoms with van der Waals surface area (Å²) in [6.45, 7) is 2.50. The monoisotopic (exact) mass is 501 g/mol. The molecule has 1 N–H and O–H groups in total. The number of aryl methyl sites for hydroxylation is 1. The SMILES string of the molecule is COc1cc(C=NNC(=O)c2cccnc2)cc(I)c1OCc1ccc(C)cc1. The number of nitrogens with zero attached hydrogens (tertiary/aromatic N) is 2. The Balaban J connectivity index is 1.68. The fraction of sp³-hybridized carbons (Fsp3) is 0.136. The van der Waals surface area contributed by atoms with Crippen molar-refractivity contribution in [2.24, 2.45) is 5.10 Å². The highest BCUT2D eigenvalue weighted by Gasteiger charge is 2.12. The zero-order chi connectivity index (χ0) is 20.6. The first-order chi connectivity index (χ1) is 14.1. The third-order valence-electron chi connectivity index (χ3n) is 4.06. The average Bonchev–Trinajstić information content (AvgIpc) is 2.74. The Labute approximate surface area is 183 Å². The zero-order valence-corrected chi connectivity index (χ0v) is 18.2. The number of carbonyl (C=O) groups excluding carboxylic acids is 1. The van der Waals surface area contributed by atoms with E-state index < -0.39 is 0 Å². The van der Waals surface area contributed by atoms with Gasteiger partial charge in [-0.3, -0.25) is 9.78 Å². The molecule has 0 atom stereocenters. The normalized spacial score (nSPS) is 10.7. The summed E-state index contributed by atoms with van der Waals surface area (Å²) in [5, 5.41) is 4.01. The van der Waals surface area contributed by atoms with Crippen molar-refractivity contribution in [1.29, 1.82) is 0 Å². The Hall–Kier alpha value is -2.94. The standard InChI is InChI=1S/C22H20IN3O3/c1-15-5-7-16(8-6-15)14-29-21-19(23)10-17(11-20(21)28-2)12-25-26-22(27)18-4-3-9-24-13-18/h3-13H,14H2,1-2H3,(H,26,27). The summed E-state index contributed by atoms with van der Waals surface area (Å²) in [7, 11) is 1.59. The van der Waals surface area contributed by atoms with Crippen molar-refractivity contribution in [2.75, 3.05) is 7.11 Å². The number of aromatic nitrogens is 1. The lowest BCUT2D eigenvalue weighted by Gasteiger charge is -2.13. The fourth-order valence-electron chi connectivity index (χ4n) is 2.52. The molecule has 1 heterocycles. The van der Waals surface area contributed by atoms with E-state index in [0.717, 1.165) is 14.7 Å². The topological polar surface area (TPSA) is 72.8 Å². The first-order valence-electron chi connectivity index (χ1n) is 8.86. The molecule has 0 aliphatic carbocycles. The number of halogens is 1. The van der Waals surface area contributed by atoms with Gasteiger partial charge in [-0.2, -0.15) is 5.10 Å². The van der Waals surface area contributed by atoms with Crippen LogP contribution in [-0.2, 0) is 6.61 Å². The van der Waals surface area contributed by atoms with Gasteiger partial charge in [-0.05, 0) is 64.9 Å². The van der Waals surface area contributed by atoms with Crippen LogP contribution in [0.5, 0.6) is 11.5 Å². The molecule has 1 amide bonds. The molecular formula is C22H20IN3O3. The number of hydrazone groups is 1. The number of rotatable bonds is 7. The second kappa shape index (κ2) is 10.0. The van der Waals surface area contributed by atoms with E-state index in [9.17, 15) is 4.79 Å². The molecular weight excluding hydrogens is 481 g/mol. The Kier molecular flexibility index (Phi) is 7.18. The predicted molar refractivity (Wildman–Crippen MR) is 121 cm³/mol. The van der Waals surface area contributed by atoms with Crippen LogP contribution in [0.15, 0.2) is 66.0 Å². The first kappa shape index (κ1) is 20.8. The van der Waals surface area contributed by atoms with Gasteiger partial charge in [0.05, 0.1) is 22.5 Å². The minimum absolute atomic E-state index is 0.325. The summed E-state index contributed by atoms with van der Waals surface area (Å²) in [5.74, 6) is 0.948. The summed E-state index contributed by atoms with van der Waals surface area (Å²) >= 11 is 2.20. The summed E-state index contributed by atoms with van der Waals surface area (Å²) in [5.41, 5.74) is 5.99. The molecule has 0 spiro atoms. The summed E-state index contributed by atoms with van der Waals surface area (Å²) < 4.78 is 12.4. The van der Waals surface area contributed by atoms with Gasteiger partial charge in [0.25, 0.3) is 5.91 Å². The largest absolute Gasteiger partial charge is 0.493 e. The smallest absolute Gasteiger partial charge is 0.272 e. The second-order valence-electron chi connectivity index (χ2n) is 6.25. The lowest BCUT2D eigenvalue weighted by molar-refractivity contribution is 0.0955. The highest BCUT2D eigenvalue weighted by Crippen LogP contribution is 2.34. The molecule has 0 saturated heterocycles. The molecule has 7 heteroatoms. The van der Waals surface area contributed by atoms with Crippen LogP contribution < -0.4 is 14.9 Å². The van der Waals surface area contributed by atoms with Crippen molar-refractivity contribution in [3.63, 3.8) is 0 Å². The van der Waals surface area contributed by atoms with Crippen LogP contribution >= 0.6 is 22.6 Å². The van der Waals surface area contributed by atoms with Gasteiger partial charge in [0.1, 0.15) is 6.61 Å². The lowest BCUT2D eigenvalue weighted by atomic mass is 10.2. The van der Waals surface area contributed by atoms with Crippen LogP contribution in [0, 0.1) is 10.5 Å². The molecule has 3 aromatic rings. The highest BCUT2D eigenvalue weighted by molar-refractivity contribution is 14.1. The van der Waals surface area contributed by atoms with Gasteiger partial charge in [0.15, 0.2) is 11.5 Å². The van der Waals surface area contributed by atoms with Crippen molar-refractivity contribution in [1.82, 2.24) is 10.4 Å². The van der Waals surface area contributed by atoms with Gasteiger partial charge >= 0.3 is 0 Å². The number of pyridine rings is 1. The number of hydrogen-bond donors (Lipinski definition) is 1. The molecule has 3 rings (SSSR count). The molecule has 0 fully saturated rings. The predicted octanol–water partition coefficient (Wildman–Crippen LogP) is 4.35. The van der Waals surface area contributed by atoms with E-state index in [1.807, 2.05) is 24.3 Å². The third kappa shape index (κ3) is 5.77. The number of benzene rings is 2. The molecule has 0 bridgehead atoms. The Morgan fingerprint density at radius 3 is 2.72 bits per heavy atom. The van der Waals surface area contributed by atoms with E-state index >= 15 is 0 Å². The summed E-state index contributed by atoms with van der Waals surface area (Å²) in [6, 6.07) is 15.3. The Morgan fingerprint density at radius 1 is 1.24 bits per heavy atom. The van der Waals surface area contributed by atoms with Gasteiger partial charge < -0.3 is 9.47 Å². The maximum Gasteiger partial charge on any atom is 0.272 e. The molecule has 0 saturated carbocycles. The van der Waals surface area contributed by atoms with Gasteiger partial charge in [-0.1, -0.05) is 29.8 Å². The van der Waals surface area contributed by atoms with Crippen LogP contribution in [0.4, 0.5) is 0 Å². The first-order valence-corrected chi connectivity index (χ1v) is 9.94. The van der Waals surface area contributed by atoms with E-state index in [2.05, 4.69) is 57.2 Å². The van der Waals surface area contributed by atoms with Gasteiger partial charge in [-0.25, -0.2) is 5.43 Å². The molecule has 29 heavy (non-hydrogen) atoms. The molecule has 0 radical (unpaired) electrons. The van der Waals surface area contributed by atoms with Crippen molar-refractivity contribution in [3.05, 3.63) is 86.7 Å². The number of nitrogens with one attached hydrogen (secondary N) is 1. The molecule has 148 valence electrons. The van der Waals surface area contributed by atoms with E-state index in [1.54, 1.807) is 31.7 Å². The van der Waals surface area contributed by atoms with Crippen LogP contribution in [0.1, 0.15) is 27.0 Å². The van der Waals surface area contributed by atoms with Crippen LogP contribution in [0.2, 0.25) is 0 Å². The minimum atomic E-state index is -0.325. The van der Waals surface area contributed by atoms with E-state index in [4.69, 9.17) is 9.47 Å². The van der Waals surface area contributed by atoms with Crippen molar-refractivity contribution < 1.29 is 14.3 Å². The third-order valence-corrected chi connectivity index (χ3v) is 4.86.